The van der Waals surface area contributed by atoms with E-state index in [2.05, 4.69) is 47.9 Å². The van der Waals surface area contributed by atoms with E-state index in [1.165, 1.54) is 16.9 Å². The second kappa shape index (κ2) is 7.36. The molecule has 32 heavy (non-hydrogen) atoms. The number of Topliss-reactive ketones (excluding diaryl/α,β-unsaturated/α-hetero) is 1. The van der Waals surface area contributed by atoms with Crippen molar-refractivity contribution in [2.45, 2.75) is 38.5 Å². The molecule has 1 heterocycles. The van der Waals surface area contributed by atoms with Crippen LogP contribution in [0.4, 0.5) is 5.69 Å². The summed E-state index contributed by atoms with van der Waals surface area (Å²) >= 11 is 0. The van der Waals surface area contributed by atoms with E-state index >= 15 is 0 Å². The fourth-order valence-corrected chi connectivity index (χ4v) is 5.73. The zero-order chi connectivity index (χ0) is 22.5. The topological polar surface area (TPSA) is 48.5 Å². The highest BCUT2D eigenvalue weighted by atomic mass is 16.1. The number of para-hydroxylation sites is 1. The first-order chi connectivity index (χ1) is 15.5. The Kier molecular flexibility index (Phi) is 4.61. The zero-order valence-corrected chi connectivity index (χ0v) is 18.3. The number of carbonyl (C=O) groups is 1. The van der Waals surface area contributed by atoms with Crippen LogP contribution in [-0.4, -0.2) is 12.3 Å². The summed E-state index contributed by atoms with van der Waals surface area (Å²) in [7, 11) is 0. The molecule has 0 fully saturated rings. The molecule has 1 atom stereocenters. The summed E-state index contributed by atoms with van der Waals surface area (Å²) in [6, 6.07) is 17.9. The zero-order valence-electron chi connectivity index (χ0n) is 18.3. The number of ketones is 1. The van der Waals surface area contributed by atoms with Crippen LogP contribution in [0.2, 0.25) is 0 Å². The normalized spacial score (nSPS) is 24.1. The van der Waals surface area contributed by atoms with Crippen molar-refractivity contribution >= 4 is 17.0 Å². The van der Waals surface area contributed by atoms with Crippen LogP contribution >= 0.6 is 0 Å². The number of benzene rings is 2. The summed E-state index contributed by atoms with van der Waals surface area (Å²) in [5.41, 5.74) is 7.02. The van der Waals surface area contributed by atoms with Crippen molar-refractivity contribution < 1.29 is 4.79 Å². The van der Waals surface area contributed by atoms with Gasteiger partial charge < -0.3 is 4.90 Å². The Morgan fingerprint density at radius 1 is 1.22 bits per heavy atom. The molecule has 2 aliphatic carbocycles. The lowest BCUT2D eigenvalue weighted by molar-refractivity contribution is 0.104. The number of fused-ring (bicyclic) bond motifs is 4. The molecule has 1 unspecified atom stereocenters. The molecule has 1 aliphatic heterocycles. The fraction of sp³-hybridized carbons (Fsp3) is 0.250. The highest BCUT2D eigenvalue weighted by Crippen LogP contribution is 2.55. The Morgan fingerprint density at radius 3 is 2.66 bits per heavy atom. The minimum atomic E-state index is -0.106. The van der Waals surface area contributed by atoms with Crippen LogP contribution in [0, 0.1) is 17.9 Å². The maximum atomic E-state index is 13.4. The molecule has 0 N–H and O–H groups in total. The van der Waals surface area contributed by atoms with Crippen LogP contribution in [0.5, 0.6) is 0 Å². The number of likely N-dealkylation sites (N-methyl/N-ethyl adjacent to an activating group) is 1. The predicted molar refractivity (Wildman–Crippen MR) is 126 cm³/mol. The second-order valence-corrected chi connectivity index (χ2v) is 8.70. The minimum Gasteiger partial charge on any atom is -0.344 e. The molecular weight excluding hydrogens is 394 g/mol. The standard InChI is InChI=1S/C28H23N3O/c1-4-31-24-14-8-7-13-22(24)28(2)15-9-10-18(27(28)31)16-21-25(23(17-29)30-3)19-11-5-6-12-20(19)26(21)32/h5-8,11-14,16H,4,9-10,15H2,1-2H3/b21-16-,25-23-. The predicted octanol–water partition coefficient (Wildman–Crippen LogP) is 6.20. The van der Waals surface area contributed by atoms with E-state index in [4.69, 9.17) is 6.57 Å². The van der Waals surface area contributed by atoms with Gasteiger partial charge in [0, 0.05) is 40.1 Å². The number of hydrogen-bond acceptors (Lipinski definition) is 3. The van der Waals surface area contributed by atoms with Gasteiger partial charge in [-0.2, -0.15) is 0 Å². The van der Waals surface area contributed by atoms with Gasteiger partial charge in [-0.25, -0.2) is 10.1 Å². The largest absolute Gasteiger partial charge is 0.344 e. The molecule has 5 rings (SSSR count). The lowest BCUT2D eigenvalue weighted by Crippen LogP contribution is -2.32. The number of nitrogens with zero attached hydrogens (tertiary/aromatic N) is 3. The average Bonchev–Trinajstić information content (AvgIpc) is 3.25. The van der Waals surface area contributed by atoms with Crippen LogP contribution in [0.1, 0.15) is 54.6 Å². The summed E-state index contributed by atoms with van der Waals surface area (Å²) in [6.45, 7) is 12.8. The van der Waals surface area contributed by atoms with Gasteiger partial charge in [-0.3, -0.25) is 4.79 Å². The van der Waals surface area contributed by atoms with Crippen LogP contribution < -0.4 is 4.90 Å². The molecule has 0 bridgehead atoms. The van der Waals surface area contributed by atoms with Crippen LogP contribution in [0.3, 0.4) is 0 Å². The monoisotopic (exact) mass is 417 g/mol. The van der Waals surface area contributed by atoms with E-state index in [0.717, 1.165) is 31.4 Å². The van der Waals surface area contributed by atoms with Crippen LogP contribution in [0.15, 0.2) is 77.1 Å². The Morgan fingerprint density at radius 2 is 1.94 bits per heavy atom. The van der Waals surface area contributed by atoms with Crippen molar-refractivity contribution in [1.82, 2.24) is 0 Å². The van der Waals surface area contributed by atoms with E-state index in [0.29, 0.717) is 22.3 Å². The molecule has 0 aromatic heterocycles. The number of rotatable bonds is 2. The lowest BCUT2D eigenvalue weighted by Gasteiger charge is -2.36. The SMILES string of the molecule is [C-]#[N+]/C(C#N)=C1\C(=C\C2=C3N(CC)c4ccccc4C3(C)CCC2)C(=O)c2ccccc21. The Balaban J connectivity index is 1.77. The number of allylic oxidation sites excluding steroid dienone is 6. The molecular formula is C28H23N3O. The van der Waals surface area contributed by atoms with Gasteiger partial charge in [0.2, 0.25) is 0 Å². The third-order valence-electron chi connectivity index (χ3n) is 7.05. The Bertz CT molecular complexity index is 1330. The average molecular weight is 418 g/mol. The summed E-state index contributed by atoms with van der Waals surface area (Å²) in [6.07, 6.45) is 4.93. The molecule has 3 aliphatic rings. The van der Waals surface area contributed by atoms with Gasteiger partial charge >= 0.3 is 0 Å². The van der Waals surface area contributed by atoms with Gasteiger partial charge in [-0.15, -0.1) is 0 Å². The quantitative estimate of drug-likeness (QED) is 0.332. The van der Waals surface area contributed by atoms with Crippen molar-refractivity contribution in [2.24, 2.45) is 0 Å². The summed E-state index contributed by atoms with van der Waals surface area (Å²) in [5, 5.41) is 9.63. The summed E-state index contributed by atoms with van der Waals surface area (Å²) in [4.78, 5) is 19.2. The van der Waals surface area contributed by atoms with E-state index in [-0.39, 0.29) is 16.9 Å². The number of nitriles is 1. The molecule has 156 valence electrons. The summed E-state index contributed by atoms with van der Waals surface area (Å²) < 4.78 is 0. The molecule has 0 saturated heterocycles. The van der Waals surface area contributed by atoms with Gasteiger partial charge in [-0.05, 0) is 62.0 Å². The molecule has 0 saturated carbocycles. The molecule has 4 heteroatoms. The van der Waals surface area contributed by atoms with E-state index in [1.807, 2.05) is 30.3 Å². The highest BCUT2D eigenvalue weighted by molar-refractivity contribution is 6.27. The first-order valence-electron chi connectivity index (χ1n) is 11.0. The Labute approximate surface area is 188 Å². The smallest absolute Gasteiger partial charge is 0.270 e. The molecule has 2 aromatic rings. The minimum absolute atomic E-state index is 0.0271. The lowest BCUT2D eigenvalue weighted by atomic mass is 9.71. The van der Waals surface area contributed by atoms with Gasteiger partial charge in [0.1, 0.15) is 0 Å². The van der Waals surface area contributed by atoms with Crippen molar-refractivity contribution in [3.05, 3.63) is 105 Å². The fourth-order valence-electron chi connectivity index (χ4n) is 5.73. The molecule has 0 amide bonds. The van der Waals surface area contributed by atoms with E-state index in [1.54, 1.807) is 6.07 Å². The molecule has 0 spiro atoms. The van der Waals surface area contributed by atoms with E-state index < -0.39 is 0 Å². The number of carbonyl (C=O) groups excluding carboxylic acids is 1. The van der Waals surface area contributed by atoms with Crippen molar-refractivity contribution in [3.63, 3.8) is 0 Å². The third-order valence-corrected chi connectivity index (χ3v) is 7.05. The van der Waals surface area contributed by atoms with Gasteiger partial charge in [-0.1, -0.05) is 42.5 Å². The maximum absolute atomic E-state index is 13.4. The second-order valence-electron chi connectivity index (χ2n) is 8.70. The molecule has 2 aromatic carbocycles. The third kappa shape index (κ3) is 2.63. The highest BCUT2D eigenvalue weighted by Gasteiger charge is 2.46. The van der Waals surface area contributed by atoms with Crippen LogP contribution in [-0.2, 0) is 5.41 Å². The first kappa shape index (κ1) is 20.0. The number of hydrogen-bond donors (Lipinski definition) is 0. The van der Waals surface area contributed by atoms with Gasteiger partial charge in [0.15, 0.2) is 5.78 Å². The molecule has 4 nitrogen and oxygen atoms in total. The summed E-state index contributed by atoms with van der Waals surface area (Å²) in [5.74, 6) is -0.106. The van der Waals surface area contributed by atoms with E-state index in [9.17, 15) is 10.1 Å². The van der Waals surface area contributed by atoms with Crippen LogP contribution in [0.25, 0.3) is 10.4 Å². The maximum Gasteiger partial charge on any atom is 0.270 e. The van der Waals surface area contributed by atoms with Crippen molar-refractivity contribution in [1.29, 1.82) is 5.26 Å². The van der Waals surface area contributed by atoms with Gasteiger partial charge in [0.05, 0.1) is 12.6 Å². The van der Waals surface area contributed by atoms with Crippen molar-refractivity contribution in [2.75, 3.05) is 11.4 Å². The Hall–Kier alpha value is -3.89. The number of anilines is 1. The first-order valence-corrected chi connectivity index (χ1v) is 11.0. The van der Waals surface area contributed by atoms with Gasteiger partial charge in [0.25, 0.3) is 5.70 Å². The van der Waals surface area contributed by atoms with Crippen molar-refractivity contribution in [3.8, 4) is 6.07 Å². The molecule has 0 radical (unpaired) electrons.